The zero-order valence-electron chi connectivity index (χ0n) is 12.6. The predicted octanol–water partition coefficient (Wildman–Crippen LogP) is 3.94. The SMILES string of the molecule is CC1CCCC(c2noc(C(N)C3CCCCC3)n2)C1. The van der Waals surface area contributed by atoms with E-state index in [-0.39, 0.29) is 6.04 Å². The summed E-state index contributed by atoms with van der Waals surface area (Å²) in [5, 5.41) is 4.22. The van der Waals surface area contributed by atoms with Gasteiger partial charge in [-0.3, -0.25) is 0 Å². The summed E-state index contributed by atoms with van der Waals surface area (Å²) in [6, 6.07) is -0.0578. The first kappa shape index (κ1) is 14.1. The Labute approximate surface area is 121 Å². The van der Waals surface area contributed by atoms with E-state index >= 15 is 0 Å². The van der Waals surface area contributed by atoms with Crippen LogP contribution in [0.2, 0.25) is 0 Å². The fourth-order valence-electron chi connectivity index (χ4n) is 3.91. The average Bonchev–Trinajstić information content (AvgIpc) is 2.97. The molecule has 2 aliphatic carbocycles. The minimum absolute atomic E-state index is 0.0578. The minimum atomic E-state index is -0.0578. The van der Waals surface area contributed by atoms with Crippen molar-refractivity contribution in [3.63, 3.8) is 0 Å². The van der Waals surface area contributed by atoms with Gasteiger partial charge in [0.15, 0.2) is 5.82 Å². The molecule has 0 aromatic carbocycles. The molecule has 3 unspecified atom stereocenters. The van der Waals surface area contributed by atoms with Gasteiger partial charge in [-0.05, 0) is 37.5 Å². The van der Waals surface area contributed by atoms with Crippen molar-refractivity contribution in [2.24, 2.45) is 17.6 Å². The van der Waals surface area contributed by atoms with E-state index in [2.05, 4.69) is 17.1 Å². The molecule has 4 heteroatoms. The molecule has 1 heterocycles. The first-order chi connectivity index (χ1) is 9.74. The van der Waals surface area contributed by atoms with Gasteiger partial charge in [0.05, 0.1) is 6.04 Å². The third-order valence-corrected chi connectivity index (χ3v) is 5.20. The fraction of sp³-hybridized carbons (Fsp3) is 0.875. The smallest absolute Gasteiger partial charge is 0.243 e. The highest BCUT2D eigenvalue weighted by atomic mass is 16.5. The summed E-state index contributed by atoms with van der Waals surface area (Å²) in [4.78, 5) is 4.64. The van der Waals surface area contributed by atoms with Crippen LogP contribution in [0.4, 0.5) is 0 Å². The molecule has 2 aliphatic rings. The second kappa shape index (κ2) is 6.25. The molecule has 2 saturated carbocycles. The molecule has 0 amide bonds. The van der Waals surface area contributed by atoms with Crippen LogP contribution in [0, 0.1) is 11.8 Å². The van der Waals surface area contributed by atoms with Crippen LogP contribution in [0.3, 0.4) is 0 Å². The quantitative estimate of drug-likeness (QED) is 0.908. The van der Waals surface area contributed by atoms with Gasteiger partial charge >= 0.3 is 0 Å². The highest BCUT2D eigenvalue weighted by Crippen LogP contribution is 2.36. The van der Waals surface area contributed by atoms with Crippen LogP contribution in [0.15, 0.2) is 4.52 Å². The Balaban J connectivity index is 1.66. The van der Waals surface area contributed by atoms with Crippen molar-refractivity contribution in [3.8, 4) is 0 Å². The third-order valence-electron chi connectivity index (χ3n) is 5.20. The molecule has 0 aliphatic heterocycles. The van der Waals surface area contributed by atoms with E-state index in [1.54, 1.807) is 0 Å². The van der Waals surface area contributed by atoms with Gasteiger partial charge in [-0.2, -0.15) is 4.98 Å². The molecule has 3 rings (SSSR count). The van der Waals surface area contributed by atoms with Gasteiger partial charge in [0.2, 0.25) is 5.89 Å². The summed E-state index contributed by atoms with van der Waals surface area (Å²) in [5.41, 5.74) is 6.34. The molecule has 1 aromatic rings. The van der Waals surface area contributed by atoms with Gasteiger partial charge in [0, 0.05) is 5.92 Å². The van der Waals surface area contributed by atoms with Gasteiger partial charge in [0.1, 0.15) is 0 Å². The number of hydrogen-bond acceptors (Lipinski definition) is 4. The van der Waals surface area contributed by atoms with Crippen LogP contribution in [0.1, 0.15) is 88.4 Å². The maximum atomic E-state index is 6.34. The van der Waals surface area contributed by atoms with Gasteiger partial charge in [-0.15, -0.1) is 0 Å². The second-order valence-corrected chi connectivity index (χ2v) is 6.88. The van der Waals surface area contributed by atoms with Crippen LogP contribution in [-0.2, 0) is 0 Å². The van der Waals surface area contributed by atoms with Crippen molar-refractivity contribution >= 4 is 0 Å². The molecule has 0 bridgehead atoms. The fourth-order valence-corrected chi connectivity index (χ4v) is 3.91. The molecule has 1 aromatic heterocycles. The number of nitrogens with two attached hydrogens (primary N) is 1. The molecule has 0 spiro atoms. The van der Waals surface area contributed by atoms with E-state index in [9.17, 15) is 0 Å². The number of hydrogen-bond donors (Lipinski definition) is 1. The van der Waals surface area contributed by atoms with E-state index in [1.807, 2.05) is 0 Å². The van der Waals surface area contributed by atoms with Gasteiger partial charge in [-0.1, -0.05) is 44.2 Å². The highest BCUT2D eigenvalue weighted by molar-refractivity contribution is 5.01. The lowest BCUT2D eigenvalue weighted by Crippen LogP contribution is -2.24. The van der Waals surface area contributed by atoms with Gasteiger partial charge in [-0.25, -0.2) is 0 Å². The van der Waals surface area contributed by atoms with Crippen molar-refractivity contribution in [1.29, 1.82) is 0 Å². The maximum Gasteiger partial charge on any atom is 0.243 e. The highest BCUT2D eigenvalue weighted by Gasteiger charge is 2.29. The molecular formula is C16H27N3O. The Bertz CT molecular complexity index is 425. The average molecular weight is 277 g/mol. The van der Waals surface area contributed by atoms with Gasteiger partial charge < -0.3 is 10.3 Å². The summed E-state index contributed by atoms with van der Waals surface area (Å²) in [5.74, 6) is 3.36. The largest absolute Gasteiger partial charge is 0.338 e. The monoisotopic (exact) mass is 277 g/mol. The Morgan fingerprint density at radius 3 is 2.65 bits per heavy atom. The van der Waals surface area contributed by atoms with E-state index in [4.69, 9.17) is 10.3 Å². The molecule has 112 valence electrons. The normalized spacial score (nSPS) is 30.3. The molecule has 0 radical (unpaired) electrons. The van der Waals surface area contributed by atoms with Crippen LogP contribution < -0.4 is 5.73 Å². The summed E-state index contributed by atoms with van der Waals surface area (Å²) in [7, 11) is 0. The van der Waals surface area contributed by atoms with E-state index in [0.717, 1.165) is 11.7 Å². The lowest BCUT2D eigenvalue weighted by molar-refractivity contribution is 0.254. The Hall–Kier alpha value is -0.900. The van der Waals surface area contributed by atoms with E-state index in [0.29, 0.717) is 17.7 Å². The molecular weight excluding hydrogens is 250 g/mol. The molecule has 20 heavy (non-hydrogen) atoms. The van der Waals surface area contributed by atoms with E-state index in [1.165, 1.54) is 57.8 Å². The summed E-state index contributed by atoms with van der Waals surface area (Å²) in [6.45, 7) is 2.32. The Morgan fingerprint density at radius 1 is 1.10 bits per heavy atom. The Kier molecular flexibility index (Phi) is 4.39. The summed E-state index contributed by atoms with van der Waals surface area (Å²) >= 11 is 0. The first-order valence-corrected chi connectivity index (χ1v) is 8.33. The standard InChI is InChI=1S/C16H27N3O/c1-11-6-5-9-13(10-11)15-18-16(20-19-15)14(17)12-7-3-2-4-8-12/h11-14H,2-10,17H2,1H3. The first-order valence-electron chi connectivity index (χ1n) is 8.33. The van der Waals surface area contributed by atoms with Crippen molar-refractivity contribution in [1.82, 2.24) is 10.1 Å². The van der Waals surface area contributed by atoms with Crippen LogP contribution >= 0.6 is 0 Å². The molecule has 2 fully saturated rings. The van der Waals surface area contributed by atoms with Crippen LogP contribution in [0.5, 0.6) is 0 Å². The second-order valence-electron chi connectivity index (χ2n) is 6.88. The lowest BCUT2D eigenvalue weighted by Gasteiger charge is -2.25. The van der Waals surface area contributed by atoms with Crippen molar-refractivity contribution < 1.29 is 4.52 Å². The summed E-state index contributed by atoms with van der Waals surface area (Å²) < 4.78 is 5.48. The molecule has 3 atom stereocenters. The van der Waals surface area contributed by atoms with Crippen LogP contribution in [0.25, 0.3) is 0 Å². The number of aromatic nitrogens is 2. The number of nitrogens with zero attached hydrogens (tertiary/aromatic N) is 2. The predicted molar refractivity (Wildman–Crippen MR) is 78.2 cm³/mol. The van der Waals surface area contributed by atoms with Gasteiger partial charge in [0.25, 0.3) is 0 Å². The van der Waals surface area contributed by atoms with Crippen molar-refractivity contribution in [2.45, 2.75) is 76.7 Å². The minimum Gasteiger partial charge on any atom is -0.338 e. The summed E-state index contributed by atoms with van der Waals surface area (Å²) in [6.07, 6.45) is 11.3. The number of rotatable bonds is 3. The molecule has 0 saturated heterocycles. The topological polar surface area (TPSA) is 64.9 Å². The Morgan fingerprint density at radius 2 is 1.90 bits per heavy atom. The zero-order chi connectivity index (χ0) is 13.9. The van der Waals surface area contributed by atoms with Crippen molar-refractivity contribution in [3.05, 3.63) is 11.7 Å². The third kappa shape index (κ3) is 3.05. The lowest BCUT2D eigenvalue weighted by atomic mass is 9.82. The molecule has 2 N–H and O–H groups in total. The molecule has 4 nitrogen and oxygen atoms in total. The van der Waals surface area contributed by atoms with Crippen molar-refractivity contribution in [2.75, 3.05) is 0 Å². The maximum absolute atomic E-state index is 6.34. The van der Waals surface area contributed by atoms with E-state index < -0.39 is 0 Å². The zero-order valence-corrected chi connectivity index (χ0v) is 12.6. The van der Waals surface area contributed by atoms with Crippen LogP contribution in [-0.4, -0.2) is 10.1 Å².